The number of methoxy groups -OCH3 is 2. The summed E-state index contributed by atoms with van der Waals surface area (Å²) in [4.78, 5) is 3.21. The molecule has 0 rings (SSSR count). The zero-order valence-electron chi connectivity index (χ0n) is 13.8. The van der Waals surface area contributed by atoms with Gasteiger partial charge in [-0.3, -0.25) is 0 Å². The third-order valence-corrected chi connectivity index (χ3v) is 2.64. The Morgan fingerprint density at radius 2 is 1.14 bits per heavy atom. The zero-order valence-corrected chi connectivity index (χ0v) is 13.8. The molecule has 0 spiro atoms. The SMILES string of the molecule is [C-]#[N+]CCOCCOCC(COCCOC)COCCOC. The second kappa shape index (κ2) is 18.3. The fourth-order valence-corrected chi connectivity index (χ4v) is 1.51. The summed E-state index contributed by atoms with van der Waals surface area (Å²) >= 11 is 0. The molecule has 7 heteroatoms. The van der Waals surface area contributed by atoms with Gasteiger partial charge in [-0.25, -0.2) is 6.57 Å². The van der Waals surface area contributed by atoms with Gasteiger partial charge in [0, 0.05) is 20.1 Å². The second-order valence-electron chi connectivity index (χ2n) is 4.57. The molecule has 0 aliphatic carbocycles. The molecule has 0 fully saturated rings. The zero-order chi connectivity index (χ0) is 16.3. The summed E-state index contributed by atoms with van der Waals surface area (Å²) in [6.45, 7) is 12.4. The fourth-order valence-electron chi connectivity index (χ4n) is 1.51. The lowest BCUT2D eigenvalue weighted by atomic mass is 10.2. The summed E-state index contributed by atoms with van der Waals surface area (Å²) in [6, 6.07) is 0. The summed E-state index contributed by atoms with van der Waals surface area (Å²) in [6.07, 6.45) is 0. The maximum absolute atomic E-state index is 6.63. The van der Waals surface area contributed by atoms with Crippen molar-refractivity contribution in [3.8, 4) is 0 Å². The van der Waals surface area contributed by atoms with Crippen molar-refractivity contribution in [3.05, 3.63) is 11.4 Å². The Morgan fingerprint density at radius 1 is 0.682 bits per heavy atom. The Balaban J connectivity index is 3.68. The molecule has 0 unspecified atom stereocenters. The molecule has 0 amide bonds. The Kier molecular flexibility index (Phi) is 17.7. The van der Waals surface area contributed by atoms with Crippen LogP contribution in [0, 0.1) is 12.5 Å². The molecule has 0 atom stereocenters. The molecular formula is C15H29NO6. The van der Waals surface area contributed by atoms with Gasteiger partial charge in [0.05, 0.1) is 59.5 Å². The van der Waals surface area contributed by atoms with E-state index >= 15 is 0 Å². The minimum Gasteiger partial charge on any atom is -0.382 e. The van der Waals surface area contributed by atoms with Crippen LogP contribution in [0.15, 0.2) is 0 Å². The molecule has 0 heterocycles. The van der Waals surface area contributed by atoms with E-state index in [1.165, 1.54) is 0 Å². The average Bonchev–Trinajstić information content (AvgIpc) is 2.53. The quantitative estimate of drug-likeness (QED) is 0.293. The molecule has 0 N–H and O–H groups in total. The standard InChI is InChI=1S/C15H29NO6/c1-16-4-5-19-10-11-22-14-15(12-20-8-6-17-2)13-21-9-7-18-3/h15H,4-14H2,2-3H3. The van der Waals surface area contributed by atoms with Crippen LogP contribution >= 0.6 is 0 Å². The van der Waals surface area contributed by atoms with Gasteiger partial charge in [0.1, 0.15) is 6.61 Å². The fraction of sp³-hybridized carbons (Fsp3) is 0.933. The minimum absolute atomic E-state index is 0.164. The van der Waals surface area contributed by atoms with Crippen molar-refractivity contribution in [2.45, 2.75) is 0 Å². The predicted octanol–water partition coefficient (Wildman–Crippen LogP) is 0.881. The molecule has 0 aromatic heterocycles. The highest BCUT2D eigenvalue weighted by molar-refractivity contribution is 4.57. The first-order valence-electron chi connectivity index (χ1n) is 7.47. The van der Waals surface area contributed by atoms with Gasteiger partial charge in [0.25, 0.3) is 0 Å². The number of nitrogens with zero attached hydrogens (tertiary/aromatic N) is 1. The first-order valence-corrected chi connectivity index (χ1v) is 7.47. The van der Waals surface area contributed by atoms with Crippen molar-refractivity contribution in [2.75, 3.05) is 86.8 Å². The van der Waals surface area contributed by atoms with E-state index in [-0.39, 0.29) is 5.92 Å². The van der Waals surface area contributed by atoms with Crippen molar-refractivity contribution >= 4 is 0 Å². The topological polar surface area (TPSA) is 59.7 Å². The predicted molar refractivity (Wildman–Crippen MR) is 82.0 cm³/mol. The molecule has 0 aromatic rings. The molecule has 0 saturated carbocycles. The van der Waals surface area contributed by atoms with Crippen LogP contribution in [-0.4, -0.2) is 86.8 Å². The van der Waals surface area contributed by atoms with Crippen LogP contribution in [0.5, 0.6) is 0 Å². The summed E-state index contributed by atoms with van der Waals surface area (Å²) in [7, 11) is 3.29. The largest absolute Gasteiger partial charge is 0.382 e. The maximum atomic E-state index is 6.63. The molecule has 0 aliphatic rings. The lowest BCUT2D eigenvalue weighted by molar-refractivity contribution is -0.0316. The van der Waals surface area contributed by atoms with Crippen LogP contribution in [0.2, 0.25) is 0 Å². The van der Waals surface area contributed by atoms with E-state index in [0.717, 1.165) is 0 Å². The van der Waals surface area contributed by atoms with Crippen molar-refractivity contribution in [1.82, 2.24) is 0 Å². The number of ether oxygens (including phenoxy) is 6. The third-order valence-electron chi connectivity index (χ3n) is 2.64. The molecule has 0 aromatic carbocycles. The molecule has 0 radical (unpaired) electrons. The van der Waals surface area contributed by atoms with Gasteiger partial charge < -0.3 is 33.3 Å². The Morgan fingerprint density at radius 3 is 1.59 bits per heavy atom. The van der Waals surface area contributed by atoms with E-state index in [9.17, 15) is 0 Å². The molecule has 130 valence electrons. The summed E-state index contributed by atoms with van der Waals surface area (Å²) in [5.41, 5.74) is 0. The van der Waals surface area contributed by atoms with E-state index in [0.29, 0.717) is 72.6 Å². The smallest absolute Gasteiger partial charge is 0.237 e. The van der Waals surface area contributed by atoms with Gasteiger partial charge in [0.15, 0.2) is 0 Å². The number of rotatable bonds is 17. The maximum Gasteiger partial charge on any atom is 0.237 e. The highest BCUT2D eigenvalue weighted by Gasteiger charge is 2.10. The highest BCUT2D eigenvalue weighted by Crippen LogP contribution is 2.01. The van der Waals surface area contributed by atoms with E-state index in [1.54, 1.807) is 14.2 Å². The summed E-state index contributed by atoms with van der Waals surface area (Å²) < 4.78 is 31.7. The molecular weight excluding hydrogens is 290 g/mol. The second-order valence-corrected chi connectivity index (χ2v) is 4.57. The molecule has 7 nitrogen and oxygen atoms in total. The van der Waals surface area contributed by atoms with E-state index in [2.05, 4.69) is 4.85 Å². The van der Waals surface area contributed by atoms with Gasteiger partial charge >= 0.3 is 0 Å². The van der Waals surface area contributed by atoms with Crippen LogP contribution in [0.3, 0.4) is 0 Å². The van der Waals surface area contributed by atoms with Crippen LogP contribution in [0.4, 0.5) is 0 Å². The first-order chi connectivity index (χ1) is 10.8. The number of hydrogen-bond acceptors (Lipinski definition) is 6. The van der Waals surface area contributed by atoms with Crippen LogP contribution < -0.4 is 0 Å². The van der Waals surface area contributed by atoms with Crippen LogP contribution in [-0.2, 0) is 28.4 Å². The van der Waals surface area contributed by atoms with Gasteiger partial charge in [-0.2, -0.15) is 0 Å². The monoisotopic (exact) mass is 319 g/mol. The van der Waals surface area contributed by atoms with E-state index < -0.39 is 0 Å². The summed E-state index contributed by atoms with van der Waals surface area (Å²) in [5, 5.41) is 0. The Labute approximate surface area is 133 Å². The lowest BCUT2D eigenvalue weighted by Gasteiger charge is -2.17. The highest BCUT2D eigenvalue weighted by atomic mass is 16.5. The Hall–Kier alpha value is -0.750. The van der Waals surface area contributed by atoms with Gasteiger partial charge in [-0.15, -0.1) is 0 Å². The molecule has 0 aliphatic heterocycles. The summed E-state index contributed by atoms with van der Waals surface area (Å²) in [5.74, 6) is 0.164. The van der Waals surface area contributed by atoms with E-state index in [1.807, 2.05) is 0 Å². The van der Waals surface area contributed by atoms with E-state index in [4.69, 9.17) is 35.0 Å². The van der Waals surface area contributed by atoms with Crippen molar-refractivity contribution in [2.24, 2.45) is 5.92 Å². The molecule has 0 bridgehead atoms. The van der Waals surface area contributed by atoms with Crippen molar-refractivity contribution < 1.29 is 28.4 Å². The minimum atomic E-state index is 0.164. The lowest BCUT2D eigenvalue weighted by Crippen LogP contribution is -2.24. The van der Waals surface area contributed by atoms with Crippen molar-refractivity contribution in [1.29, 1.82) is 0 Å². The van der Waals surface area contributed by atoms with Gasteiger partial charge in [0.2, 0.25) is 6.54 Å². The van der Waals surface area contributed by atoms with Crippen molar-refractivity contribution in [3.63, 3.8) is 0 Å². The average molecular weight is 319 g/mol. The number of hydrogen-bond donors (Lipinski definition) is 0. The molecule has 0 saturated heterocycles. The van der Waals surface area contributed by atoms with Crippen LogP contribution in [0.25, 0.3) is 4.85 Å². The normalized spacial score (nSPS) is 11.0. The Bertz CT molecular complexity index is 247. The molecule has 22 heavy (non-hydrogen) atoms. The third kappa shape index (κ3) is 15.6. The van der Waals surface area contributed by atoms with Gasteiger partial charge in [-0.05, 0) is 0 Å². The van der Waals surface area contributed by atoms with Crippen LogP contribution in [0.1, 0.15) is 0 Å². The first kappa shape index (κ1) is 21.2. The van der Waals surface area contributed by atoms with Gasteiger partial charge in [-0.1, -0.05) is 0 Å².